The average Bonchev–Trinajstić information content (AvgIpc) is 2.86. The van der Waals surface area contributed by atoms with Crippen molar-refractivity contribution in [3.8, 4) is 0 Å². The molecule has 2 rings (SSSR count). The van der Waals surface area contributed by atoms with Crippen LogP contribution in [0.4, 0.5) is 5.69 Å². The van der Waals surface area contributed by atoms with E-state index in [1.165, 1.54) is 4.88 Å². The number of hydrogen-bond acceptors (Lipinski definition) is 3. The second kappa shape index (κ2) is 5.84. The van der Waals surface area contributed by atoms with Crippen molar-refractivity contribution in [1.82, 2.24) is 0 Å². The Balaban J connectivity index is 1.91. The van der Waals surface area contributed by atoms with Gasteiger partial charge in [-0.15, -0.1) is 11.3 Å². The largest absolute Gasteiger partial charge is 0.386 e. The lowest BCUT2D eigenvalue weighted by atomic mass is 10.2. The molecule has 0 aliphatic rings. The maximum Gasteiger partial charge on any atom is 0.105 e. The molecule has 0 fully saturated rings. The van der Waals surface area contributed by atoms with E-state index in [0.29, 0.717) is 6.54 Å². The summed E-state index contributed by atoms with van der Waals surface area (Å²) >= 11 is 1.69. The van der Waals surface area contributed by atoms with Gasteiger partial charge in [-0.2, -0.15) is 0 Å². The summed E-state index contributed by atoms with van der Waals surface area (Å²) in [6.45, 7) is 2.68. The van der Waals surface area contributed by atoms with E-state index in [-0.39, 0.29) is 0 Å². The molecule has 1 unspecified atom stereocenters. The molecule has 1 aromatic carbocycles. The second-order valence-corrected chi connectivity index (χ2v) is 5.12. The van der Waals surface area contributed by atoms with Crippen molar-refractivity contribution in [2.45, 2.75) is 19.4 Å². The molecule has 2 nitrogen and oxygen atoms in total. The van der Waals surface area contributed by atoms with Crippen LogP contribution in [0.2, 0.25) is 0 Å². The number of hydrogen-bond donors (Lipinski definition) is 2. The predicted octanol–water partition coefficient (Wildman–Crippen LogP) is 3.46. The molecule has 0 aliphatic carbocycles. The van der Waals surface area contributed by atoms with Gasteiger partial charge >= 0.3 is 0 Å². The minimum atomic E-state index is -0.430. The zero-order valence-corrected chi connectivity index (χ0v) is 10.7. The smallest absolute Gasteiger partial charge is 0.105 e. The molecule has 0 spiro atoms. The van der Waals surface area contributed by atoms with Crippen molar-refractivity contribution >= 4 is 17.0 Å². The number of aryl methyl sites for hydroxylation is 1. The topological polar surface area (TPSA) is 32.3 Å². The fourth-order valence-electron chi connectivity index (χ4n) is 1.63. The number of aliphatic hydroxyl groups is 1. The van der Waals surface area contributed by atoms with E-state index in [1.807, 2.05) is 36.4 Å². The van der Waals surface area contributed by atoms with Crippen LogP contribution in [0.5, 0.6) is 0 Å². The lowest BCUT2D eigenvalue weighted by Crippen LogP contribution is -2.10. The second-order valence-electron chi connectivity index (χ2n) is 3.92. The minimum Gasteiger partial charge on any atom is -0.386 e. The van der Waals surface area contributed by atoms with Crippen LogP contribution < -0.4 is 5.32 Å². The Hall–Kier alpha value is -1.32. The molecule has 0 aliphatic heterocycles. The van der Waals surface area contributed by atoms with E-state index < -0.39 is 6.10 Å². The van der Waals surface area contributed by atoms with E-state index in [2.05, 4.69) is 18.3 Å². The number of rotatable bonds is 5. The van der Waals surface area contributed by atoms with Crippen LogP contribution in [-0.4, -0.2) is 11.7 Å². The maximum atomic E-state index is 10.0. The van der Waals surface area contributed by atoms with Crippen LogP contribution in [0.1, 0.15) is 22.8 Å². The molecule has 3 heteroatoms. The highest BCUT2D eigenvalue weighted by Crippen LogP contribution is 2.24. The highest BCUT2D eigenvalue weighted by molar-refractivity contribution is 7.12. The predicted molar refractivity (Wildman–Crippen MR) is 73.6 cm³/mol. The molecule has 90 valence electrons. The lowest BCUT2D eigenvalue weighted by Gasteiger charge is -2.11. The summed E-state index contributed by atoms with van der Waals surface area (Å²) in [6.07, 6.45) is 0.601. The number of para-hydroxylation sites is 1. The summed E-state index contributed by atoms with van der Waals surface area (Å²) < 4.78 is 0. The van der Waals surface area contributed by atoms with Gasteiger partial charge in [0, 0.05) is 22.0 Å². The molecule has 0 radical (unpaired) electrons. The Morgan fingerprint density at radius 1 is 1.18 bits per heavy atom. The molecule has 2 N–H and O–H groups in total. The van der Waals surface area contributed by atoms with Gasteiger partial charge in [0.1, 0.15) is 6.10 Å². The first-order chi connectivity index (χ1) is 8.29. The highest BCUT2D eigenvalue weighted by Gasteiger charge is 2.09. The molecule has 1 heterocycles. The monoisotopic (exact) mass is 247 g/mol. The summed E-state index contributed by atoms with van der Waals surface area (Å²) in [5.41, 5.74) is 1.04. The molecule has 1 atom stereocenters. The summed E-state index contributed by atoms with van der Waals surface area (Å²) in [5, 5.41) is 13.3. The molecular formula is C14H17NOS. The molecule has 0 saturated carbocycles. The quantitative estimate of drug-likeness (QED) is 0.848. The summed E-state index contributed by atoms with van der Waals surface area (Å²) in [7, 11) is 0. The Labute approximate surface area is 106 Å². The van der Waals surface area contributed by atoms with Crippen molar-refractivity contribution in [2.24, 2.45) is 0 Å². The van der Waals surface area contributed by atoms with E-state index >= 15 is 0 Å². The van der Waals surface area contributed by atoms with Crippen LogP contribution in [0.3, 0.4) is 0 Å². The first kappa shape index (κ1) is 12.1. The van der Waals surface area contributed by atoms with Crippen molar-refractivity contribution in [1.29, 1.82) is 0 Å². The van der Waals surface area contributed by atoms with Gasteiger partial charge in [0.15, 0.2) is 0 Å². The number of aliphatic hydroxyl groups excluding tert-OH is 1. The lowest BCUT2D eigenvalue weighted by molar-refractivity contribution is 0.195. The van der Waals surface area contributed by atoms with Crippen molar-refractivity contribution in [2.75, 3.05) is 11.9 Å². The standard InChI is InChI=1S/C14H17NOS/c1-2-12-8-9-14(17-12)13(16)10-15-11-6-4-3-5-7-11/h3-9,13,15-16H,2,10H2,1H3. The van der Waals surface area contributed by atoms with Gasteiger partial charge in [-0.25, -0.2) is 0 Å². The molecule has 1 aromatic heterocycles. The van der Waals surface area contributed by atoms with E-state index in [0.717, 1.165) is 17.0 Å². The number of nitrogens with one attached hydrogen (secondary N) is 1. The van der Waals surface area contributed by atoms with E-state index in [1.54, 1.807) is 11.3 Å². The summed E-state index contributed by atoms with van der Waals surface area (Å²) in [5.74, 6) is 0. The van der Waals surface area contributed by atoms with Crippen LogP contribution in [0.25, 0.3) is 0 Å². The van der Waals surface area contributed by atoms with Crippen molar-refractivity contribution < 1.29 is 5.11 Å². The average molecular weight is 247 g/mol. The zero-order valence-electron chi connectivity index (χ0n) is 9.89. The minimum absolute atomic E-state index is 0.430. The SMILES string of the molecule is CCc1ccc(C(O)CNc2ccccc2)s1. The van der Waals surface area contributed by atoms with Gasteiger partial charge in [0.05, 0.1) is 0 Å². The molecule has 0 bridgehead atoms. The Morgan fingerprint density at radius 2 is 1.94 bits per heavy atom. The Bertz CT molecular complexity index is 452. The van der Waals surface area contributed by atoms with Gasteiger partial charge in [0.2, 0.25) is 0 Å². The summed E-state index contributed by atoms with van der Waals surface area (Å²) in [4.78, 5) is 2.35. The molecular weight excluding hydrogens is 230 g/mol. The van der Waals surface area contributed by atoms with E-state index in [9.17, 15) is 5.11 Å². The molecule has 0 amide bonds. The number of anilines is 1. The number of thiophene rings is 1. The van der Waals surface area contributed by atoms with Gasteiger partial charge in [0.25, 0.3) is 0 Å². The van der Waals surface area contributed by atoms with Crippen molar-refractivity contribution in [3.63, 3.8) is 0 Å². The zero-order chi connectivity index (χ0) is 12.1. The fourth-order valence-corrected chi connectivity index (χ4v) is 2.57. The summed E-state index contributed by atoms with van der Waals surface area (Å²) in [6, 6.07) is 14.0. The van der Waals surface area contributed by atoms with E-state index in [4.69, 9.17) is 0 Å². The van der Waals surface area contributed by atoms with Crippen molar-refractivity contribution in [3.05, 3.63) is 52.2 Å². The van der Waals surface area contributed by atoms with Gasteiger partial charge in [-0.05, 0) is 30.7 Å². The van der Waals surface area contributed by atoms with Crippen LogP contribution >= 0.6 is 11.3 Å². The van der Waals surface area contributed by atoms with Crippen LogP contribution in [0, 0.1) is 0 Å². The third kappa shape index (κ3) is 3.32. The first-order valence-corrected chi connectivity index (χ1v) is 6.67. The number of benzene rings is 1. The van der Waals surface area contributed by atoms with Crippen LogP contribution in [0.15, 0.2) is 42.5 Å². The van der Waals surface area contributed by atoms with Gasteiger partial charge in [-0.3, -0.25) is 0 Å². The molecule has 17 heavy (non-hydrogen) atoms. The molecule has 2 aromatic rings. The first-order valence-electron chi connectivity index (χ1n) is 5.85. The van der Waals surface area contributed by atoms with Crippen LogP contribution in [-0.2, 0) is 6.42 Å². The highest BCUT2D eigenvalue weighted by atomic mass is 32.1. The Kier molecular flexibility index (Phi) is 4.18. The maximum absolute atomic E-state index is 10.0. The normalized spacial score (nSPS) is 12.4. The van der Waals surface area contributed by atoms with Gasteiger partial charge < -0.3 is 10.4 Å². The molecule has 0 saturated heterocycles. The third-order valence-electron chi connectivity index (χ3n) is 2.63. The third-order valence-corrected chi connectivity index (χ3v) is 3.96. The fraction of sp³-hybridized carbons (Fsp3) is 0.286. The van der Waals surface area contributed by atoms with Gasteiger partial charge in [-0.1, -0.05) is 25.1 Å². The Morgan fingerprint density at radius 3 is 2.59 bits per heavy atom.